The van der Waals surface area contributed by atoms with E-state index in [1.807, 2.05) is 6.07 Å². The van der Waals surface area contributed by atoms with Crippen LogP contribution in [0.15, 0.2) is 18.2 Å². The molecule has 98 valence electrons. The Morgan fingerprint density at radius 1 is 1.17 bits per heavy atom. The average molecular weight is 249 g/mol. The van der Waals surface area contributed by atoms with Crippen molar-refractivity contribution >= 4 is 0 Å². The second-order valence-electron chi connectivity index (χ2n) is 4.43. The van der Waals surface area contributed by atoms with Gasteiger partial charge in [-0.15, -0.1) is 0 Å². The summed E-state index contributed by atoms with van der Waals surface area (Å²) in [6.07, 6.45) is 5.98. The molecule has 0 aliphatic heterocycles. The molecule has 0 saturated heterocycles. The van der Waals surface area contributed by atoms with Gasteiger partial charge in [0, 0.05) is 6.61 Å². The number of rotatable bonds is 8. The van der Waals surface area contributed by atoms with Gasteiger partial charge in [-0.2, -0.15) is 5.26 Å². The Morgan fingerprint density at radius 3 is 2.67 bits per heavy atom. The molecule has 0 aromatic heterocycles. The number of hydrogen-bond acceptors (Lipinski definition) is 2. The first-order valence-corrected chi connectivity index (χ1v) is 6.53. The topological polar surface area (TPSA) is 33.0 Å². The molecule has 0 bridgehead atoms. The van der Waals surface area contributed by atoms with E-state index in [9.17, 15) is 4.39 Å². The quantitative estimate of drug-likeness (QED) is 0.647. The molecule has 0 aliphatic carbocycles. The van der Waals surface area contributed by atoms with Gasteiger partial charge in [0.1, 0.15) is 5.82 Å². The molecule has 0 atom stereocenters. The van der Waals surface area contributed by atoms with Gasteiger partial charge in [0.05, 0.1) is 18.2 Å². The van der Waals surface area contributed by atoms with Crippen molar-refractivity contribution in [3.63, 3.8) is 0 Å². The highest BCUT2D eigenvalue weighted by atomic mass is 19.1. The molecule has 1 aromatic rings. The molecule has 0 fully saturated rings. The fourth-order valence-electron chi connectivity index (χ4n) is 1.80. The van der Waals surface area contributed by atoms with Crippen molar-refractivity contribution in [3.05, 3.63) is 35.1 Å². The molecule has 0 saturated carbocycles. The Hall–Kier alpha value is -1.40. The molecule has 1 aromatic carbocycles. The molecular weight excluding hydrogens is 229 g/mol. The fraction of sp³-hybridized carbons (Fsp3) is 0.533. The van der Waals surface area contributed by atoms with E-state index >= 15 is 0 Å². The Kier molecular flexibility index (Phi) is 7.05. The Labute approximate surface area is 108 Å². The van der Waals surface area contributed by atoms with Crippen molar-refractivity contribution in [2.75, 3.05) is 6.61 Å². The Bertz CT molecular complexity index is 398. The molecule has 0 unspecified atom stereocenters. The average Bonchev–Trinajstić information content (AvgIpc) is 2.37. The number of unbranched alkanes of at least 4 members (excludes halogenated alkanes) is 4. The summed E-state index contributed by atoms with van der Waals surface area (Å²) in [5.74, 6) is -0.379. The fourth-order valence-corrected chi connectivity index (χ4v) is 1.80. The second kappa shape index (κ2) is 8.66. The van der Waals surface area contributed by atoms with Crippen LogP contribution in [0, 0.1) is 17.1 Å². The lowest BCUT2D eigenvalue weighted by Gasteiger charge is -2.05. The summed E-state index contributed by atoms with van der Waals surface area (Å²) in [7, 11) is 0. The van der Waals surface area contributed by atoms with Crippen LogP contribution >= 0.6 is 0 Å². The van der Waals surface area contributed by atoms with E-state index in [0.717, 1.165) is 12.0 Å². The van der Waals surface area contributed by atoms with Crippen molar-refractivity contribution in [2.24, 2.45) is 0 Å². The van der Waals surface area contributed by atoms with Crippen LogP contribution in [0.5, 0.6) is 0 Å². The summed E-state index contributed by atoms with van der Waals surface area (Å²) in [5, 5.41) is 8.72. The van der Waals surface area contributed by atoms with Gasteiger partial charge in [-0.05, 0) is 30.2 Å². The van der Waals surface area contributed by atoms with Gasteiger partial charge in [0.25, 0.3) is 0 Å². The SMILES string of the molecule is CCCCCCCOCc1cc(F)cc(C#N)c1. The number of hydrogen-bond donors (Lipinski definition) is 0. The van der Waals surface area contributed by atoms with Crippen LogP contribution in [0.1, 0.15) is 50.2 Å². The van der Waals surface area contributed by atoms with Crippen molar-refractivity contribution in [2.45, 2.75) is 45.6 Å². The maximum Gasteiger partial charge on any atom is 0.124 e. The van der Waals surface area contributed by atoms with Gasteiger partial charge < -0.3 is 4.74 Å². The summed E-state index contributed by atoms with van der Waals surface area (Å²) in [6, 6.07) is 6.25. The zero-order valence-electron chi connectivity index (χ0n) is 10.9. The number of ether oxygens (including phenoxy) is 1. The zero-order valence-corrected chi connectivity index (χ0v) is 10.9. The van der Waals surface area contributed by atoms with Crippen LogP contribution < -0.4 is 0 Å². The largest absolute Gasteiger partial charge is 0.377 e. The molecular formula is C15H20FNO. The van der Waals surface area contributed by atoms with E-state index in [1.54, 1.807) is 6.07 Å². The van der Waals surface area contributed by atoms with Gasteiger partial charge >= 0.3 is 0 Å². The van der Waals surface area contributed by atoms with Crippen molar-refractivity contribution in [3.8, 4) is 6.07 Å². The van der Waals surface area contributed by atoms with Gasteiger partial charge in [-0.3, -0.25) is 0 Å². The molecule has 0 N–H and O–H groups in total. The maximum atomic E-state index is 13.1. The first-order chi connectivity index (χ1) is 8.76. The van der Waals surface area contributed by atoms with Crippen LogP contribution in [0.4, 0.5) is 4.39 Å². The van der Waals surface area contributed by atoms with E-state index in [-0.39, 0.29) is 5.82 Å². The predicted molar refractivity (Wildman–Crippen MR) is 69.5 cm³/mol. The highest BCUT2D eigenvalue weighted by Gasteiger charge is 2.00. The Balaban J connectivity index is 2.23. The minimum absolute atomic E-state index is 0.344. The highest BCUT2D eigenvalue weighted by molar-refractivity contribution is 5.33. The normalized spacial score (nSPS) is 10.3. The summed E-state index contributed by atoms with van der Waals surface area (Å²) in [4.78, 5) is 0. The number of halogens is 1. The maximum absolute atomic E-state index is 13.1. The second-order valence-corrected chi connectivity index (χ2v) is 4.43. The van der Waals surface area contributed by atoms with E-state index in [2.05, 4.69) is 6.92 Å². The molecule has 3 heteroatoms. The smallest absolute Gasteiger partial charge is 0.124 e. The van der Waals surface area contributed by atoms with Gasteiger partial charge in [0.15, 0.2) is 0 Å². The van der Waals surface area contributed by atoms with Gasteiger partial charge in [-0.1, -0.05) is 32.6 Å². The standard InChI is InChI=1S/C15H20FNO/c1-2-3-4-5-6-7-18-12-14-8-13(11-17)9-15(16)10-14/h8-10H,2-7,12H2,1H3. The lowest BCUT2D eigenvalue weighted by atomic mass is 10.1. The minimum atomic E-state index is -0.379. The lowest BCUT2D eigenvalue weighted by molar-refractivity contribution is 0.116. The molecule has 0 aliphatic rings. The van der Waals surface area contributed by atoms with Crippen LogP contribution in [-0.2, 0) is 11.3 Å². The molecule has 18 heavy (non-hydrogen) atoms. The molecule has 0 amide bonds. The number of nitriles is 1. The molecule has 0 spiro atoms. The monoisotopic (exact) mass is 249 g/mol. The van der Waals surface area contributed by atoms with Crippen molar-refractivity contribution < 1.29 is 9.13 Å². The van der Waals surface area contributed by atoms with Gasteiger partial charge in [-0.25, -0.2) is 4.39 Å². The van der Waals surface area contributed by atoms with E-state index in [1.165, 1.54) is 37.8 Å². The summed E-state index contributed by atoms with van der Waals surface area (Å²) in [6.45, 7) is 3.26. The van der Waals surface area contributed by atoms with Crippen LogP contribution in [0.3, 0.4) is 0 Å². The third-order valence-electron chi connectivity index (χ3n) is 2.75. The first kappa shape index (κ1) is 14.7. The highest BCUT2D eigenvalue weighted by Crippen LogP contribution is 2.10. The van der Waals surface area contributed by atoms with Crippen LogP contribution in [0.2, 0.25) is 0 Å². The number of nitrogens with zero attached hydrogens (tertiary/aromatic N) is 1. The van der Waals surface area contributed by atoms with Crippen LogP contribution in [-0.4, -0.2) is 6.61 Å². The van der Waals surface area contributed by atoms with Gasteiger partial charge in [0.2, 0.25) is 0 Å². The van der Waals surface area contributed by atoms with E-state index < -0.39 is 0 Å². The summed E-state index contributed by atoms with van der Waals surface area (Å²) < 4.78 is 18.6. The lowest BCUT2D eigenvalue weighted by Crippen LogP contribution is -1.97. The molecule has 0 radical (unpaired) electrons. The van der Waals surface area contributed by atoms with Crippen molar-refractivity contribution in [1.29, 1.82) is 5.26 Å². The van der Waals surface area contributed by atoms with E-state index in [4.69, 9.17) is 10.00 Å². The zero-order chi connectivity index (χ0) is 13.2. The molecule has 0 heterocycles. The first-order valence-electron chi connectivity index (χ1n) is 6.53. The third-order valence-corrected chi connectivity index (χ3v) is 2.75. The molecule has 2 nitrogen and oxygen atoms in total. The van der Waals surface area contributed by atoms with Crippen molar-refractivity contribution in [1.82, 2.24) is 0 Å². The summed E-state index contributed by atoms with van der Waals surface area (Å²) in [5.41, 5.74) is 1.07. The number of benzene rings is 1. The van der Waals surface area contributed by atoms with E-state index in [0.29, 0.717) is 18.8 Å². The molecule has 1 rings (SSSR count). The third kappa shape index (κ3) is 5.79. The van der Waals surface area contributed by atoms with Crippen LogP contribution in [0.25, 0.3) is 0 Å². The minimum Gasteiger partial charge on any atom is -0.377 e. The Morgan fingerprint density at radius 2 is 1.94 bits per heavy atom. The summed E-state index contributed by atoms with van der Waals surface area (Å²) >= 11 is 0. The predicted octanol–water partition coefficient (Wildman–Crippen LogP) is 4.18.